The van der Waals surface area contributed by atoms with E-state index in [0.29, 0.717) is 12.2 Å². The molecule has 0 bridgehead atoms. The molecule has 0 saturated carbocycles. The van der Waals surface area contributed by atoms with Crippen LogP contribution in [-0.4, -0.2) is 30.7 Å². The largest absolute Gasteiger partial charge is 0.463 e. The zero-order valence-electron chi connectivity index (χ0n) is 9.55. The van der Waals surface area contributed by atoms with Crippen molar-refractivity contribution in [1.82, 2.24) is 0 Å². The molecule has 0 aromatic rings. The molecule has 0 fully saturated rings. The van der Waals surface area contributed by atoms with E-state index in [-0.39, 0.29) is 5.97 Å². The summed E-state index contributed by atoms with van der Waals surface area (Å²) in [5.41, 5.74) is 0.456. The Balaban J connectivity index is 3.39. The number of carbonyl (C=O) groups excluding carboxylic acids is 1. The monoisotopic (exact) mass is 232 g/mol. The lowest BCUT2D eigenvalue weighted by molar-refractivity contribution is -0.138. The fraction of sp³-hybridized carbons (Fsp3) is 0.667. The predicted octanol–water partition coefficient (Wildman–Crippen LogP) is 1.46. The lowest BCUT2D eigenvalue weighted by Gasteiger charge is -2.17. The van der Waals surface area contributed by atoms with Crippen molar-refractivity contribution in [2.75, 3.05) is 6.61 Å². The molecule has 0 aliphatic heterocycles. The predicted molar refractivity (Wildman–Crippen MR) is 63.6 cm³/mol. The third kappa shape index (κ3) is 8.21. The quantitative estimate of drug-likeness (QED) is 0.301. The minimum absolute atomic E-state index is 0.299. The van der Waals surface area contributed by atoms with E-state index < -0.39 is 18.1 Å². The number of hydrogen-bond acceptors (Lipinski definition) is 3. The van der Waals surface area contributed by atoms with Crippen LogP contribution in [0.5, 0.6) is 0 Å². The van der Waals surface area contributed by atoms with Crippen LogP contribution in [0.1, 0.15) is 6.92 Å². The molecule has 3 nitrogen and oxygen atoms in total. The Hall–Kier alpha value is -0.396. The van der Waals surface area contributed by atoms with E-state index in [1.807, 2.05) is 0 Å². The summed E-state index contributed by atoms with van der Waals surface area (Å²) in [6.07, 6.45) is 0. The fourth-order valence-corrected chi connectivity index (χ4v) is 4.01. The smallest absolute Gasteiger partial charge is 0.333 e. The number of ether oxygens (including phenoxy) is 1. The second kappa shape index (κ2) is 6.16. The first-order valence-electron chi connectivity index (χ1n) is 4.79. The lowest BCUT2D eigenvalue weighted by Crippen LogP contribution is -2.27. The lowest BCUT2D eigenvalue weighted by atomic mass is 10.4. The molecule has 0 aromatic carbocycles. The van der Waals surface area contributed by atoms with Gasteiger partial charge in [0.05, 0.1) is 6.61 Å². The topological polar surface area (TPSA) is 35.5 Å². The van der Waals surface area contributed by atoms with Gasteiger partial charge in [-0.3, -0.25) is 0 Å². The Morgan fingerprint density at radius 2 is 2.00 bits per heavy atom. The molecule has 14 heavy (non-hydrogen) atoms. The zero-order valence-corrected chi connectivity index (χ0v) is 12.0. The van der Waals surface area contributed by atoms with E-state index in [4.69, 9.17) is 8.85 Å². The number of esters is 1. The van der Waals surface area contributed by atoms with Gasteiger partial charge in [-0.15, -0.1) is 0 Å². The van der Waals surface area contributed by atoms with Crippen LogP contribution in [0.25, 0.3) is 0 Å². The van der Waals surface area contributed by atoms with Crippen LogP contribution in [0.4, 0.5) is 0 Å². The van der Waals surface area contributed by atoms with Crippen molar-refractivity contribution < 1.29 is 13.6 Å². The first-order chi connectivity index (χ1) is 6.33. The Labute approximate surface area is 89.6 Å². The average molecular weight is 232 g/mol. The normalized spacial score (nSPS) is 12.0. The summed E-state index contributed by atoms with van der Waals surface area (Å²) >= 11 is 0. The van der Waals surface area contributed by atoms with Crippen molar-refractivity contribution in [2.45, 2.75) is 32.6 Å². The second-order valence-electron chi connectivity index (χ2n) is 4.23. The van der Waals surface area contributed by atoms with Crippen molar-refractivity contribution in [2.24, 2.45) is 0 Å². The molecular formula is C9H20O3Si2. The van der Waals surface area contributed by atoms with Gasteiger partial charge in [0.15, 0.2) is 8.32 Å². The van der Waals surface area contributed by atoms with Gasteiger partial charge in [-0.25, -0.2) is 4.79 Å². The second-order valence-corrected chi connectivity index (χ2v) is 10.7. The maximum atomic E-state index is 11.0. The Morgan fingerprint density at radius 1 is 1.43 bits per heavy atom. The summed E-state index contributed by atoms with van der Waals surface area (Å²) in [5, 5.41) is 0. The minimum Gasteiger partial charge on any atom is -0.463 e. The van der Waals surface area contributed by atoms with Gasteiger partial charge in [-0.05, 0) is 32.6 Å². The molecule has 0 rings (SSSR count). The summed E-state index contributed by atoms with van der Waals surface area (Å²) in [6.45, 7) is 12.1. The average Bonchev–Trinajstić information content (AvgIpc) is 2.01. The van der Waals surface area contributed by atoms with Gasteiger partial charge >= 0.3 is 5.97 Å². The molecule has 0 heterocycles. The van der Waals surface area contributed by atoms with E-state index in [9.17, 15) is 4.79 Å². The third-order valence-electron chi connectivity index (χ3n) is 1.41. The molecular weight excluding hydrogens is 212 g/mol. The van der Waals surface area contributed by atoms with Crippen LogP contribution in [0.2, 0.25) is 25.7 Å². The number of carbonyl (C=O) groups is 1. The molecule has 0 amide bonds. The molecule has 0 N–H and O–H groups in total. The fourth-order valence-electron chi connectivity index (χ4n) is 0.725. The highest BCUT2D eigenvalue weighted by atomic mass is 28.4. The van der Waals surface area contributed by atoms with E-state index >= 15 is 0 Å². The highest BCUT2D eigenvalue weighted by molar-refractivity contribution is 6.73. The maximum Gasteiger partial charge on any atom is 0.333 e. The van der Waals surface area contributed by atoms with Crippen LogP contribution in [0.3, 0.4) is 0 Å². The first kappa shape index (κ1) is 13.6. The van der Waals surface area contributed by atoms with E-state index in [1.54, 1.807) is 6.92 Å². The summed E-state index contributed by atoms with van der Waals surface area (Å²) in [7, 11) is -1.86. The first-order valence-corrected chi connectivity index (χ1v) is 9.78. The molecule has 5 heteroatoms. The van der Waals surface area contributed by atoms with Crippen molar-refractivity contribution in [1.29, 1.82) is 0 Å². The molecule has 0 unspecified atom stereocenters. The number of hydrogen-bond donors (Lipinski definition) is 0. The zero-order chi connectivity index (χ0) is 11.2. The highest BCUT2D eigenvalue weighted by Gasteiger charge is 2.12. The van der Waals surface area contributed by atoms with Gasteiger partial charge < -0.3 is 8.85 Å². The van der Waals surface area contributed by atoms with Crippen molar-refractivity contribution in [3.8, 4) is 0 Å². The van der Waals surface area contributed by atoms with Gasteiger partial charge in [0, 0.05) is 5.57 Å². The summed E-state index contributed by atoms with van der Waals surface area (Å²) in [5.74, 6) is -0.299. The molecule has 0 aliphatic carbocycles. The van der Waals surface area contributed by atoms with Crippen LogP contribution < -0.4 is 0 Å². The summed E-state index contributed by atoms with van der Waals surface area (Å²) in [4.78, 5) is 11.0. The van der Waals surface area contributed by atoms with Crippen LogP contribution >= 0.6 is 0 Å². The van der Waals surface area contributed by atoms with E-state index in [0.717, 1.165) is 6.04 Å². The maximum absolute atomic E-state index is 11.0. The molecule has 82 valence electrons. The SMILES string of the molecule is C=C(C)C(=O)OCC[SiH2]O[Si](C)(C)C. The van der Waals surface area contributed by atoms with Gasteiger partial charge in [-0.1, -0.05) is 6.58 Å². The summed E-state index contributed by atoms with van der Waals surface area (Å²) in [6, 6.07) is 0.892. The minimum atomic E-state index is -1.35. The molecule has 0 aliphatic rings. The van der Waals surface area contributed by atoms with Crippen molar-refractivity contribution in [3.05, 3.63) is 12.2 Å². The standard InChI is InChI=1S/C9H20O3Si2/c1-8(2)9(10)11-6-7-13-12-14(3,4)5/h1,6-7,13H2,2-5H3. The van der Waals surface area contributed by atoms with E-state index in [2.05, 4.69) is 26.2 Å². The Morgan fingerprint density at radius 3 is 2.43 bits per heavy atom. The van der Waals surface area contributed by atoms with Gasteiger partial charge in [0.25, 0.3) is 0 Å². The summed E-state index contributed by atoms with van der Waals surface area (Å²) < 4.78 is 10.7. The molecule has 0 atom stereocenters. The molecule has 0 aromatic heterocycles. The Bertz CT molecular complexity index is 209. The molecule has 0 radical (unpaired) electrons. The van der Waals surface area contributed by atoms with Crippen LogP contribution in [-0.2, 0) is 13.6 Å². The molecule has 0 spiro atoms. The highest BCUT2D eigenvalue weighted by Crippen LogP contribution is 2.02. The van der Waals surface area contributed by atoms with E-state index in [1.165, 1.54) is 0 Å². The van der Waals surface area contributed by atoms with Crippen molar-refractivity contribution >= 4 is 24.0 Å². The Kier molecular flexibility index (Phi) is 5.98. The van der Waals surface area contributed by atoms with Gasteiger partial charge in [0.2, 0.25) is 0 Å². The van der Waals surface area contributed by atoms with Crippen LogP contribution in [0.15, 0.2) is 12.2 Å². The molecule has 0 saturated heterocycles. The van der Waals surface area contributed by atoms with Gasteiger partial charge in [-0.2, -0.15) is 0 Å². The number of rotatable bonds is 6. The van der Waals surface area contributed by atoms with Crippen LogP contribution in [0, 0.1) is 0 Å². The third-order valence-corrected chi connectivity index (χ3v) is 6.26. The van der Waals surface area contributed by atoms with Gasteiger partial charge in [0.1, 0.15) is 9.76 Å². The van der Waals surface area contributed by atoms with Crippen molar-refractivity contribution in [3.63, 3.8) is 0 Å².